The number of aromatic nitrogens is 1. The quantitative estimate of drug-likeness (QED) is 0.223. The van der Waals surface area contributed by atoms with Crippen LogP contribution in [0.3, 0.4) is 0 Å². The van der Waals surface area contributed by atoms with Crippen LogP contribution in [0.25, 0.3) is 11.1 Å². The average molecular weight is 479 g/mol. The summed E-state index contributed by atoms with van der Waals surface area (Å²) < 4.78 is 19.4. The molecule has 1 atom stereocenters. The zero-order valence-electron chi connectivity index (χ0n) is 19.9. The lowest BCUT2D eigenvalue weighted by Gasteiger charge is -2.27. The molecular weight excluding hydrogens is 451 g/mol. The van der Waals surface area contributed by atoms with E-state index in [1.54, 1.807) is 18.3 Å². The lowest BCUT2D eigenvalue weighted by atomic mass is 9.93. The first-order chi connectivity index (χ1) is 17.6. The summed E-state index contributed by atoms with van der Waals surface area (Å²) in [6, 6.07) is 23.8. The maximum Gasteiger partial charge on any atom is 0.186 e. The Hall–Kier alpha value is -4.25. The molecule has 36 heavy (non-hydrogen) atoms. The molecule has 4 nitrogen and oxygen atoms in total. The van der Waals surface area contributed by atoms with Gasteiger partial charge in [0, 0.05) is 23.5 Å². The number of allylic oxidation sites excluding steroid dienone is 1. The monoisotopic (exact) mass is 478 g/mol. The van der Waals surface area contributed by atoms with Crippen molar-refractivity contribution in [1.29, 1.82) is 0 Å². The molecule has 1 N–H and O–H groups in total. The summed E-state index contributed by atoms with van der Waals surface area (Å²) in [6.07, 6.45) is 7.27. The molecule has 0 saturated carbocycles. The van der Waals surface area contributed by atoms with Gasteiger partial charge in [0.15, 0.2) is 5.78 Å². The van der Waals surface area contributed by atoms with E-state index in [9.17, 15) is 9.18 Å². The highest BCUT2D eigenvalue weighted by molar-refractivity contribution is 6.04. The summed E-state index contributed by atoms with van der Waals surface area (Å²) in [5.41, 5.74) is 7.12. The van der Waals surface area contributed by atoms with Crippen LogP contribution in [0.1, 0.15) is 33.5 Å². The minimum Gasteiger partial charge on any atom is -0.487 e. The van der Waals surface area contributed by atoms with Crippen LogP contribution in [-0.2, 0) is 19.4 Å². The molecule has 1 unspecified atom stereocenters. The topological polar surface area (TPSA) is 51.2 Å². The largest absolute Gasteiger partial charge is 0.487 e. The highest BCUT2D eigenvalue weighted by Crippen LogP contribution is 2.28. The molecule has 2 heterocycles. The first-order valence-electron chi connectivity index (χ1n) is 12.1. The molecular formula is C31H27FN2O2. The molecule has 0 fully saturated rings. The second-order valence-electron chi connectivity index (χ2n) is 9.05. The Balaban J connectivity index is 1.18. The van der Waals surface area contributed by atoms with E-state index in [4.69, 9.17) is 4.74 Å². The Kier molecular flexibility index (Phi) is 6.89. The number of carbonyl (C=O) groups is 1. The van der Waals surface area contributed by atoms with Crippen LogP contribution in [0.5, 0.6) is 5.75 Å². The van der Waals surface area contributed by atoms with Crippen molar-refractivity contribution in [3.63, 3.8) is 0 Å². The van der Waals surface area contributed by atoms with Crippen LogP contribution in [0.4, 0.5) is 10.1 Å². The first-order valence-corrected chi connectivity index (χ1v) is 12.1. The van der Waals surface area contributed by atoms with Gasteiger partial charge in [-0.1, -0.05) is 61.2 Å². The number of anilines is 1. The van der Waals surface area contributed by atoms with Crippen LogP contribution < -0.4 is 10.1 Å². The van der Waals surface area contributed by atoms with Crippen molar-refractivity contribution in [1.82, 2.24) is 4.98 Å². The molecule has 0 spiro atoms. The minimum atomic E-state index is -0.199. The van der Waals surface area contributed by atoms with E-state index in [0.29, 0.717) is 24.0 Å². The van der Waals surface area contributed by atoms with E-state index in [0.717, 1.165) is 41.6 Å². The molecule has 0 bridgehead atoms. The maximum atomic E-state index is 13.6. The molecule has 180 valence electrons. The lowest BCUT2D eigenvalue weighted by molar-refractivity contribution is 0.104. The van der Waals surface area contributed by atoms with Crippen molar-refractivity contribution in [3.8, 4) is 16.9 Å². The third kappa shape index (κ3) is 5.52. The highest BCUT2D eigenvalue weighted by Gasteiger charge is 2.18. The van der Waals surface area contributed by atoms with Gasteiger partial charge in [-0.2, -0.15) is 0 Å². The molecule has 3 aromatic carbocycles. The predicted octanol–water partition coefficient (Wildman–Crippen LogP) is 6.80. The Labute approximate surface area is 210 Å². The van der Waals surface area contributed by atoms with Gasteiger partial charge in [-0.25, -0.2) is 4.39 Å². The number of fused-ring (bicyclic) bond motifs is 1. The number of pyridine rings is 1. The fourth-order valence-electron chi connectivity index (χ4n) is 4.50. The molecule has 0 radical (unpaired) electrons. The number of nitrogens with zero attached hydrogens (tertiary/aromatic N) is 1. The van der Waals surface area contributed by atoms with Crippen molar-refractivity contribution in [3.05, 3.63) is 126 Å². The number of hydrogen-bond donors (Lipinski definition) is 1. The number of nitrogens with one attached hydrogen (secondary N) is 1. The second-order valence-corrected chi connectivity index (χ2v) is 9.05. The summed E-state index contributed by atoms with van der Waals surface area (Å²) >= 11 is 0. The van der Waals surface area contributed by atoms with E-state index in [2.05, 4.69) is 53.3 Å². The molecule has 5 heteroatoms. The van der Waals surface area contributed by atoms with Crippen molar-refractivity contribution in [2.75, 3.05) is 5.32 Å². The zero-order chi connectivity index (χ0) is 24.9. The van der Waals surface area contributed by atoms with Gasteiger partial charge in [0.05, 0.1) is 6.20 Å². The van der Waals surface area contributed by atoms with E-state index < -0.39 is 0 Å². The fraction of sp³-hybridized carbons (Fsp3) is 0.161. The Morgan fingerprint density at radius 1 is 1.00 bits per heavy atom. The number of ether oxygens (including phenoxy) is 1. The fourth-order valence-corrected chi connectivity index (χ4v) is 4.50. The zero-order valence-corrected chi connectivity index (χ0v) is 19.9. The van der Waals surface area contributed by atoms with Gasteiger partial charge >= 0.3 is 0 Å². The van der Waals surface area contributed by atoms with Crippen LogP contribution in [0.15, 0.2) is 97.8 Å². The molecule has 1 aliphatic rings. The van der Waals surface area contributed by atoms with E-state index in [1.165, 1.54) is 29.5 Å². The second kappa shape index (κ2) is 10.6. The Morgan fingerprint density at radius 3 is 2.44 bits per heavy atom. The smallest absolute Gasteiger partial charge is 0.186 e. The van der Waals surface area contributed by atoms with Crippen LogP contribution in [0.2, 0.25) is 0 Å². The number of benzene rings is 3. The summed E-state index contributed by atoms with van der Waals surface area (Å²) in [5.74, 6) is 0.164. The van der Waals surface area contributed by atoms with Crippen molar-refractivity contribution in [2.24, 2.45) is 0 Å². The molecule has 4 aromatic rings. The number of rotatable bonds is 8. The van der Waals surface area contributed by atoms with Gasteiger partial charge in [-0.15, -0.1) is 0 Å². The van der Waals surface area contributed by atoms with Gasteiger partial charge in [0.1, 0.15) is 18.2 Å². The van der Waals surface area contributed by atoms with Crippen LogP contribution in [-0.4, -0.2) is 16.8 Å². The molecule has 0 saturated heterocycles. The Bertz CT molecular complexity index is 1380. The van der Waals surface area contributed by atoms with Gasteiger partial charge in [0.25, 0.3) is 0 Å². The van der Waals surface area contributed by atoms with Gasteiger partial charge in [-0.3, -0.25) is 9.78 Å². The predicted molar refractivity (Wildman–Crippen MR) is 141 cm³/mol. The van der Waals surface area contributed by atoms with Crippen LogP contribution in [0, 0.1) is 5.82 Å². The molecule has 0 amide bonds. The van der Waals surface area contributed by atoms with Crippen LogP contribution >= 0.6 is 0 Å². The summed E-state index contributed by atoms with van der Waals surface area (Å²) in [6.45, 7) is 3.89. The van der Waals surface area contributed by atoms with Gasteiger partial charge in [-0.05, 0) is 71.4 Å². The van der Waals surface area contributed by atoms with E-state index in [-0.39, 0.29) is 11.6 Å². The lowest BCUT2D eigenvalue weighted by Crippen LogP contribution is -2.27. The molecule has 0 aliphatic carbocycles. The van der Waals surface area contributed by atoms with Crippen molar-refractivity contribution >= 4 is 11.5 Å². The normalized spacial score (nSPS) is 14.4. The molecule has 1 aromatic heterocycles. The van der Waals surface area contributed by atoms with E-state index in [1.807, 2.05) is 18.2 Å². The van der Waals surface area contributed by atoms with Crippen molar-refractivity contribution < 1.29 is 13.9 Å². The Morgan fingerprint density at radius 2 is 1.72 bits per heavy atom. The number of carbonyl (C=O) groups excluding carboxylic acids is 1. The number of halogens is 1. The molecule has 1 aliphatic heterocycles. The third-order valence-electron chi connectivity index (χ3n) is 6.51. The van der Waals surface area contributed by atoms with Gasteiger partial charge < -0.3 is 10.1 Å². The highest BCUT2D eigenvalue weighted by atomic mass is 19.1. The van der Waals surface area contributed by atoms with Gasteiger partial charge in [0.2, 0.25) is 0 Å². The number of ketones is 1. The minimum absolute atomic E-state index is 0.181. The summed E-state index contributed by atoms with van der Waals surface area (Å²) in [5, 5.41) is 3.50. The first kappa shape index (κ1) is 23.5. The number of hydrogen-bond acceptors (Lipinski definition) is 4. The summed E-state index contributed by atoms with van der Waals surface area (Å²) in [4.78, 5) is 15.8. The van der Waals surface area contributed by atoms with Crippen molar-refractivity contribution in [2.45, 2.75) is 31.9 Å². The average Bonchev–Trinajstić information content (AvgIpc) is 2.92. The number of aryl methyl sites for hydroxylation is 1. The standard InChI is InChI=1S/C31H27FN2O2/c1-2-31(35)26-16-29(19-33-18-26)36-20-22-5-9-24(10-6-22)23-7-3-21(4-8-23)15-28-14-12-25-11-13-27(32)17-30(25)34-28/h2-11,13,16-19,28,34H,1,12,14-15,20H2. The maximum absolute atomic E-state index is 13.6. The third-order valence-corrected chi connectivity index (χ3v) is 6.51. The SMILES string of the molecule is C=CC(=O)c1cncc(OCc2ccc(-c3ccc(CC4CCc5ccc(F)cc5N4)cc3)cc2)c1. The molecule has 5 rings (SSSR count). The van der Waals surface area contributed by atoms with E-state index >= 15 is 0 Å². The summed E-state index contributed by atoms with van der Waals surface area (Å²) in [7, 11) is 0.